The van der Waals surface area contributed by atoms with Crippen LogP contribution in [0.25, 0.3) is 0 Å². The number of rotatable bonds is 7. The number of carbonyl (C=O) groups excluding carboxylic acids is 1. The van der Waals surface area contributed by atoms with Crippen molar-refractivity contribution in [3.05, 3.63) is 87.2 Å². The zero-order valence-corrected chi connectivity index (χ0v) is 16.9. The first-order valence-corrected chi connectivity index (χ1v) is 9.27. The summed E-state index contributed by atoms with van der Waals surface area (Å²) in [6, 6.07) is 12.1. The van der Waals surface area contributed by atoms with Gasteiger partial charge in [0.2, 0.25) is 5.75 Å². The maximum Gasteiger partial charge on any atom is 0.313 e. The third-order valence-corrected chi connectivity index (χ3v) is 4.55. The molecule has 30 heavy (non-hydrogen) atoms. The third kappa shape index (κ3) is 4.84. The lowest BCUT2D eigenvalue weighted by atomic mass is 10.1. The first-order valence-electron chi connectivity index (χ1n) is 8.89. The monoisotopic (exact) mass is 427 g/mol. The number of amides is 1. The number of carbonyl (C=O) groups is 1. The highest BCUT2D eigenvalue weighted by Crippen LogP contribution is 2.38. The van der Waals surface area contributed by atoms with Crippen molar-refractivity contribution in [1.29, 1.82) is 0 Å². The third-order valence-electron chi connectivity index (χ3n) is 4.32. The zero-order chi connectivity index (χ0) is 21.7. The van der Waals surface area contributed by atoms with E-state index in [1.165, 1.54) is 37.4 Å². The molecule has 0 aliphatic carbocycles. The highest BCUT2D eigenvalue weighted by molar-refractivity contribution is 6.30. The molecule has 1 aromatic heterocycles. The van der Waals surface area contributed by atoms with Crippen LogP contribution in [0, 0.1) is 10.1 Å². The minimum atomic E-state index is -0.587. The van der Waals surface area contributed by atoms with Crippen LogP contribution in [-0.4, -0.2) is 22.9 Å². The fourth-order valence-electron chi connectivity index (χ4n) is 2.75. The van der Waals surface area contributed by atoms with Gasteiger partial charge in [-0.25, -0.2) is 0 Å². The van der Waals surface area contributed by atoms with E-state index in [2.05, 4.69) is 10.3 Å². The van der Waals surface area contributed by atoms with Gasteiger partial charge in [0.25, 0.3) is 5.91 Å². The molecular formula is C21H18ClN3O5. The van der Waals surface area contributed by atoms with Crippen LogP contribution in [0.1, 0.15) is 28.9 Å². The molecule has 3 rings (SSSR count). The van der Waals surface area contributed by atoms with Crippen LogP contribution in [0.15, 0.2) is 60.9 Å². The predicted molar refractivity (Wildman–Crippen MR) is 111 cm³/mol. The summed E-state index contributed by atoms with van der Waals surface area (Å²) in [6.45, 7) is 1.86. The first kappa shape index (κ1) is 21.1. The maximum atomic E-state index is 12.6. The quantitative estimate of drug-likeness (QED) is 0.423. The summed E-state index contributed by atoms with van der Waals surface area (Å²) in [5.41, 5.74) is 0.989. The van der Waals surface area contributed by atoms with Crippen molar-refractivity contribution in [3.8, 4) is 17.2 Å². The lowest BCUT2D eigenvalue weighted by Gasteiger charge is -2.15. The molecule has 1 atom stereocenters. The van der Waals surface area contributed by atoms with E-state index in [1.807, 2.05) is 19.1 Å². The number of nitrogens with one attached hydrogen (secondary N) is 1. The molecule has 0 saturated heterocycles. The van der Waals surface area contributed by atoms with Gasteiger partial charge in [-0.2, -0.15) is 0 Å². The number of aromatic nitrogens is 1. The van der Waals surface area contributed by atoms with E-state index in [9.17, 15) is 14.9 Å². The number of pyridine rings is 1. The number of hydrogen-bond acceptors (Lipinski definition) is 6. The van der Waals surface area contributed by atoms with Gasteiger partial charge in [-0.1, -0.05) is 11.6 Å². The second kappa shape index (κ2) is 9.23. The topological polar surface area (TPSA) is 104 Å². The van der Waals surface area contributed by atoms with Crippen molar-refractivity contribution in [2.24, 2.45) is 0 Å². The van der Waals surface area contributed by atoms with Gasteiger partial charge in [-0.05, 0) is 55.0 Å². The number of benzene rings is 2. The molecule has 0 saturated carbocycles. The minimum absolute atomic E-state index is 0.00575. The van der Waals surface area contributed by atoms with Crippen molar-refractivity contribution >= 4 is 23.2 Å². The van der Waals surface area contributed by atoms with E-state index in [0.717, 1.165) is 5.56 Å². The van der Waals surface area contributed by atoms with Crippen molar-refractivity contribution in [2.75, 3.05) is 7.11 Å². The largest absolute Gasteiger partial charge is 0.493 e. The van der Waals surface area contributed by atoms with Gasteiger partial charge in [-0.15, -0.1) is 0 Å². The van der Waals surface area contributed by atoms with Crippen LogP contribution in [-0.2, 0) is 0 Å². The molecule has 0 aliphatic rings. The van der Waals surface area contributed by atoms with Gasteiger partial charge in [0, 0.05) is 29.0 Å². The number of hydrogen-bond donors (Lipinski definition) is 1. The molecule has 154 valence electrons. The van der Waals surface area contributed by atoms with Gasteiger partial charge in [0.1, 0.15) is 0 Å². The molecule has 1 amide bonds. The van der Waals surface area contributed by atoms with E-state index in [4.69, 9.17) is 21.1 Å². The summed E-state index contributed by atoms with van der Waals surface area (Å²) in [7, 11) is 1.42. The van der Waals surface area contributed by atoms with Gasteiger partial charge >= 0.3 is 5.69 Å². The molecule has 0 bridgehead atoms. The summed E-state index contributed by atoms with van der Waals surface area (Å²) >= 11 is 5.83. The Bertz CT molecular complexity index is 1080. The molecule has 8 nitrogen and oxygen atoms in total. The smallest absolute Gasteiger partial charge is 0.313 e. The number of nitrogens with zero attached hydrogens (tertiary/aromatic N) is 2. The molecule has 0 radical (unpaired) electrons. The van der Waals surface area contributed by atoms with E-state index in [1.54, 1.807) is 18.5 Å². The van der Waals surface area contributed by atoms with Crippen LogP contribution >= 0.6 is 11.6 Å². The number of nitro groups is 1. The van der Waals surface area contributed by atoms with Gasteiger partial charge in [0.15, 0.2) is 11.5 Å². The Morgan fingerprint density at radius 3 is 2.47 bits per heavy atom. The SMILES string of the molecule is COc1cc(C(=O)NC(C)c2ccncc2)ccc1Oc1ccc(Cl)cc1[N+](=O)[O-]. The summed E-state index contributed by atoms with van der Waals surface area (Å²) < 4.78 is 11.0. The molecule has 1 heterocycles. The molecule has 2 aromatic carbocycles. The normalized spacial score (nSPS) is 11.4. The highest BCUT2D eigenvalue weighted by Gasteiger charge is 2.19. The standard InChI is InChI=1S/C21H18ClN3O5/c1-13(14-7-9-23-10-8-14)24-21(26)15-3-5-19(20(11-15)29-2)30-18-6-4-16(22)12-17(18)25(27)28/h3-13H,1-2H3,(H,24,26). The van der Waals surface area contributed by atoms with E-state index >= 15 is 0 Å². The van der Waals surface area contributed by atoms with Crippen molar-refractivity contribution in [2.45, 2.75) is 13.0 Å². The number of halogens is 1. The number of methoxy groups -OCH3 is 1. The maximum absolute atomic E-state index is 12.6. The van der Waals surface area contributed by atoms with Crippen LogP contribution < -0.4 is 14.8 Å². The average Bonchev–Trinajstić information content (AvgIpc) is 2.75. The second-order valence-electron chi connectivity index (χ2n) is 6.31. The Hall–Kier alpha value is -3.65. The van der Waals surface area contributed by atoms with Crippen LogP contribution in [0.4, 0.5) is 5.69 Å². The fraction of sp³-hybridized carbons (Fsp3) is 0.143. The van der Waals surface area contributed by atoms with E-state index in [0.29, 0.717) is 5.56 Å². The predicted octanol–water partition coefficient (Wildman–Crippen LogP) is 4.94. The first-order chi connectivity index (χ1) is 14.4. The molecular weight excluding hydrogens is 410 g/mol. The van der Waals surface area contributed by atoms with Crippen molar-refractivity contribution < 1.29 is 19.2 Å². The molecule has 1 unspecified atom stereocenters. The van der Waals surface area contributed by atoms with E-state index < -0.39 is 4.92 Å². The lowest BCUT2D eigenvalue weighted by molar-refractivity contribution is -0.385. The Labute approximate surface area is 177 Å². The van der Waals surface area contributed by atoms with Crippen LogP contribution in [0.2, 0.25) is 5.02 Å². The molecule has 3 aromatic rings. The molecule has 1 N–H and O–H groups in total. The van der Waals surface area contributed by atoms with Crippen molar-refractivity contribution in [3.63, 3.8) is 0 Å². The van der Waals surface area contributed by atoms with Gasteiger partial charge < -0.3 is 14.8 Å². The lowest BCUT2D eigenvalue weighted by Crippen LogP contribution is -2.26. The molecule has 9 heteroatoms. The van der Waals surface area contributed by atoms with Crippen molar-refractivity contribution in [1.82, 2.24) is 10.3 Å². The highest BCUT2D eigenvalue weighted by atomic mass is 35.5. The summed E-state index contributed by atoms with van der Waals surface area (Å²) in [6.07, 6.45) is 3.31. The fourth-order valence-corrected chi connectivity index (χ4v) is 2.91. The van der Waals surface area contributed by atoms with E-state index in [-0.39, 0.29) is 39.9 Å². The Morgan fingerprint density at radius 2 is 1.80 bits per heavy atom. The van der Waals surface area contributed by atoms with Crippen LogP contribution in [0.3, 0.4) is 0 Å². The summed E-state index contributed by atoms with van der Waals surface area (Å²) in [5, 5.41) is 14.4. The molecule has 0 aliphatic heterocycles. The summed E-state index contributed by atoms with van der Waals surface area (Å²) in [4.78, 5) is 27.3. The molecule has 0 spiro atoms. The average molecular weight is 428 g/mol. The van der Waals surface area contributed by atoms with Gasteiger partial charge in [0.05, 0.1) is 18.1 Å². The Morgan fingerprint density at radius 1 is 1.10 bits per heavy atom. The number of nitro benzene ring substituents is 1. The number of ether oxygens (including phenoxy) is 2. The Balaban J connectivity index is 1.82. The van der Waals surface area contributed by atoms with Crippen LogP contribution in [0.5, 0.6) is 17.2 Å². The second-order valence-corrected chi connectivity index (χ2v) is 6.75. The summed E-state index contributed by atoms with van der Waals surface area (Å²) in [5.74, 6) is 0.179. The Kier molecular flexibility index (Phi) is 6.48. The minimum Gasteiger partial charge on any atom is -0.493 e. The zero-order valence-electron chi connectivity index (χ0n) is 16.2. The van der Waals surface area contributed by atoms with Gasteiger partial charge in [-0.3, -0.25) is 19.9 Å². The molecule has 0 fully saturated rings.